The summed E-state index contributed by atoms with van der Waals surface area (Å²) in [6.45, 7) is 4.90. The van der Waals surface area contributed by atoms with Gasteiger partial charge >= 0.3 is 0 Å². The summed E-state index contributed by atoms with van der Waals surface area (Å²) in [6.07, 6.45) is 0.828. The number of carbonyl (C=O) groups is 1. The van der Waals surface area contributed by atoms with Crippen LogP contribution in [0.15, 0.2) is 36.4 Å². The smallest absolute Gasteiger partial charge is 0.264 e. The molecule has 5 rings (SSSR count). The molecule has 1 amide bonds. The molecule has 2 aliphatic heterocycles. The van der Waals surface area contributed by atoms with Crippen molar-refractivity contribution in [1.29, 1.82) is 0 Å². The molecule has 3 aromatic rings. The molecule has 4 heterocycles. The van der Waals surface area contributed by atoms with E-state index in [9.17, 15) is 15.0 Å². The van der Waals surface area contributed by atoms with Crippen LogP contribution in [-0.4, -0.2) is 67.8 Å². The first-order chi connectivity index (χ1) is 14.8. The van der Waals surface area contributed by atoms with Crippen molar-refractivity contribution in [2.24, 2.45) is 0 Å². The van der Waals surface area contributed by atoms with Crippen molar-refractivity contribution in [2.75, 3.05) is 19.7 Å². The summed E-state index contributed by atoms with van der Waals surface area (Å²) in [4.78, 5) is 16.8. The zero-order chi connectivity index (χ0) is 21.8. The molecule has 0 unspecified atom stereocenters. The Morgan fingerprint density at radius 2 is 1.97 bits per heavy atom. The predicted molar refractivity (Wildman–Crippen MR) is 119 cm³/mol. The highest BCUT2D eigenvalue weighted by molar-refractivity contribution is 7.20. The SMILES string of the molecule is Cc1nn(-c2ccccc2)c2sc(C(=O)N3CCC4(CC3)C[C@](C)(O)[C@@H](O)CO4)cc12. The first-order valence-corrected chi connectivity index (χ1v) is 11.5. The van der Waals surface area contributed by atoms with Gasteiger partial charge in [0.15, 0.2) is 0 Å². The van der Waals surface area contributed by atoms with Crippen LogP contribution in [0.5, 0.6) is 0 Å². The third-order valence-electron chi connectivity index (χ3n) is 6.66. The van der Waals surface area contributed by atoms with Crippen LogP contribution in [0.1, 0.15) is 41.6 Å². The molecule has 2 atom stereocenters. The second-order valence-corrected chi connectivity index (χ2v) is 10.0. The van der Waals surface area contributed by atoms with Gasteiger partial charge in [-0.3, -0.25) is 4.79 Å². The number of nitrogens with zero attached hydrogens (tertiary/aromatic N) is 3. The fraction of sp³-hybridized carbons (Fsp3) is 0.478. The number of amides is 1. The average molecular weight is 442 g/mol. The number of aromatic nitrogens is 2. The largest absolute Gasteiger partial charge is 0.388 e. The first-order valence-electron chi connectivity index (χ1n) is 10.7. The Balaban J connectivity index is 1.35. The highest BCUT2D eigenvalue weighted by Crippen LogP contribution is 2.40. The van der Waals surface area contributed by atoms with Gasteiger partial charge in [-0.25, -0.2) is 4.68 Å². The lowest BCUT2D eigenvalue weighted by atomic mass is 9.76. The van der Waals surface area contributed by atoms with Crippen LogP contribution in [0.25, 0.3) is 15.9 Å². The molecule has 2 N–H and O–H groups in total. The Morgan fingerprint density at radius 1 is 1.26 bits per heavy atom. The monoisotopic (exact) mass is 441 g/mol. The number of ether oxygens (including phenoxy) is 1. The minimum atomic E-state index is -1.16. The topological polar surface area (TPSA) is 87.8 Å². The van der Waals surface area contributed by atoms with E-state index in [1.165, 1.54) is 11.3 Å². The van der Waals surface area contributed by atoms with E-state index in [1.807, 2.05) is 52.9 Å². The second-order valence-electron chi connectivity index (χ2n) is 9.00. The number of carbonyl (C=O) groups excluding carboxylic acids is 1. The number of likely N-dealkylation sites (tertiary alicyclic amines) is 1. The number of hydrogen-bond donors (Lipinski definition) is 2. The number of para-hydroxylation sites is 1. The quantitative estimate of drug-likeness (QED) is 0.639. The van der Waals surface area contributed by atoms with Gasteiger partial charge in [0, 0.05) is 24.9 Å². The molecule has 0 saturated carbocycles. The lowest BCUT2D eigenvalue weighted by molar-refractivity contribution is -0.221. The molecule has 2 aromatic heterocycles. The summed E-state index contributed by atoms with van der Waals surface area (Å²) < 4.78 is 7.85. The average Bonchev–Trinajstić information content (AvgIpc) is 3.32. The van der Waals surface area contributed by atoms with Crippen LogP contribution in [0.4, 0.5) is 0 Å². The summed E-state index contributed by atoms with van der Waals surface area (Å²) in [7, 11) is 0. The lowest BCUT2D eigenvalue weighted by Crippen LogP contribution is -2.59. The third kappa shape index (κ3) is 3.57. The van der Waals surface area contributed by atoms with Crippen molar-refractivity contribution in [2.45, 2.75) is 50.4 Å². The van der Waals surface area contributed by atoms with E-state index >= 15 is 0 Å². The number of thiophene rings is 1. The van der Waals surface area contributed by atoms with Crippen LogP contribution in [0, 0.1) is 6.92 Å². The number of fused-ring (bicyclic) bond motifs is 1. The summed E-state index contributed by atoms with van der Waals surface area (Å²) >= 11 is 1.47. The number of hydrogen-bond acceptors (Lipinski definition) is 6. The molecule has 2 saturated heterocycles. The number of rotatable bonds is 2. The Morgan fingerprint density at radius 3 is 2.65 bits per heavy atom. The van der Waals surface area contributed by atoms with Gasteiger partial charge < -0.3 is 19.8 Å². The number of aliphatic hydroxyl groups excluding tert-OH is 1. The molecule has 2 aliphatic rings. The van der Waals surface area contributed by atoms with Crippen molar-refractivity contribution >= 4 is 27.5 Å². The van der Waals surface area contributed by atoms with Crippen LogP contribution in [-0.2, 0) is 4.74 Å². The lowest BCUT2D eigenvalue weighted by Gasteiger charge is -2.49. The number of aliphatic hydroxyl groups is 2. The second kappa shape index (κ2) is 7.41. The maximum Gasteiger partial charge on any atom is 0.264 e. The maximum atomic E-state index is 13.3. The van der Waals surface area contributed by atoms with Gasteiger partial charge in [0.05, 0.1) is 34.1 Å². The highest BCUT2D eigenvalue weighted by atomic mass is 32.1. The van der Waals surface area contributed by atoms with E-state index in [0.29, 0.717) is 37.2 Å². The standard InChI is InChI=1S/C23H27N3O4S/c1-15-17-12-18(31-21(17)26(24-15)16-6-4-3-5-7-16)20(28)25-10-8-23(9-11-25)14-22(2,29)19(27)13-30-23/h3-7,12,19,27,29H,8-11,13-14H2,1-2H3/t19-,22-/m0/s1. The Kier molecular flexibility index (Phi) is 4.93. The summed E-state index contributed by atoms with van der Waals surface area (Å²) in [5.74, 6) is 0.0256. The van der Waals surface area contributed by atoms with E-state index in [1.54, 1.807) is 6.92 Å². The van der Waals surface area contributed by atoms with Gasteiger partial charge in [-0.05, 0) is 44.9 Å². The highest BCUT2D eigenvalue weighted by Gasteiger charge is 2.49. The van der Waals surface area contributed by atoms with Crippen LogP contribution < -0.4 is 0 Å². The molecule has 164 valence electrons. The fourth-order valence-electron chi connectivity index (χ4n) is 4.75. The number of aryl methyl sites for hydroxylation is 1. The predicted octanol–water partition coefficient (Wildman–Crippen LogP) is 2.90. The zero-order valence-electron chi connectivity index (χ0n) is 17.7. The zero-order valence-corrected chi connectivity index (χ0v) is 18.6. The summed E-state index contributed by atoms with van der Waals surface area (Å²) in [5.41, 5.74) is 0.258. The van der Waals surface area contributed by atoms with Crippen molar-refractivity contribution in [3.8, 4) is 5.69 Å². The first kappa shape index (κ1) is 20.6. The van der Waals surface area contributed by atoms with Crippen molar-refractivity contribution in [3.63, 3.8) is 0 Å². The Hall–Kier alpha value is -2.26. The van der Waals surface area contributed by atoms with E-state index in [2.05, 4.69) is 5.10 Å². The van der Waals surface area contributed by atoms with Gasteiger partial charge in [0.1, 0.15) is 10.9 Å². The van der Waals surface area contributed by atoms with Crippen molar-refractivity contribution < 1.29 is 19.7 Å². The Labute approximate surface area is 184 Å². The number of benzene rings is 1. The summed E-state index contributed by atoms with van der Waals surface area (Å²) in [6, 6.07) is 11.9. The minimum absolute atomic E-state index is 0.0256. The van der Waals surface area contributed by atoms with Crippen molar-refractivity contribution in [1.82, 2.24) is 14.7 Å². The molecule has 0 aliphatic carbocycles. The van der Waals surface area contributed by atoms with Gasteiger partial charge in [0.25, 0.3) is 5.91 Å². The van der Waals surface area contributed by atoms with Gasteiger partial charge in [-0.15, -0.1) is 11.3 Å². The number of piperidine rings is 1. The molecule has 1 spiro atoms. The molecule has 0 bridgehead atoms. The molecule has 8 heteroatoms. The molecule has 1 aromatic carbocycles. The fourth-order valence-corrected chi connectivity index (χ4v) is 5.90. The summed E-state index contributed by atoms with van der Waals surface area (Å²) in [5, 5.41) is 26.1. The molecular weight excluding hydrogens is 414 g/mol. The van der Waals surface area contributed by atoms with Crippen molar-refractivity contribution in [3.05, 3.63) is 47.0 Å². The van der Waals surface area contributed by atoms with Gasteiger partial charge in [0.2, 0.25) is 0 Å². The molecular formula is C23H27N3O4S. The van der Waals surface area contributed by atoms with Gasteiger partial charge in [-0.1, -0.05) is 18.2 Å². The van der Waals surface area contributed by atoms with Crippen LogP contribution >= 0.6 is 11.3 Å². The maximum absolute atomic E-state index is 13.3. The van der Waals surface area contributed by atoms with E-state index in [-0.39, 0.29) is 12.5 Å². The van der Waals surface area contributed by atoms with E-state index < -0.39 is 17.3 Å². The van der Waals surface area contributed by atoms with Crippen LogP contribution in [0.2, 0.25) is 0 Å². The third-order valence-corrected chi connectivity index (χ3v) is 7.76. The Bertz CT molecular complexity index is 1110. The molecule has 31 heavy (non-hydrogen) atoms. The molecule has 0 radical (unpaired) electrons. The minimum Gasteiger partial charge on any atom is -0.388 e. The van der Waals surface area contributed by atoms with E-state index in [4.69, 9.17) is 4.74 Å². The molecule has 7 nitrogen and oxygen atoms in total. The van der Waals surface area contributed by atoms with E-state index in [0.717, 1.165) is 21.6 Å². The normalized spacial score (nSPS) is 25.9. The molecule has 2 fully saturated rings. The van der Waals surface area contributed by atoms with Gasteiger partial charge in [-0.2, -0.15) is 5.10 Å². The van der Waals surface area contributed by atoms with Crippen LogP contribution in [0.3, 0.4) is 0 Å².